The first-order valence-electron chi connectivity index (χ1n) is 7.00. The number of nitrogens with one attached hydrogen (secondary N) is 2. The third-order valence-corrected chi connectivity index (χ3v) is 3.35. The standard InChI is InChI=1S/C15H23N3O2/c1-18(2)7-8-20-14-5-3-12(4-6-14)9-17-15(19)13-10-16-11-13/h3-6,13,16H,7-11H2,1-2H3,(H,17,19). The van der Waals surface area contributed by atoms with Gasteiger partial charge in [-0.3, -0.25) is 4.79 Å². The summed E-state index contributed by atoms with van der Waals surface area (Å²) in [6.45, 7) is 3.74. The maximum absolute atomic E-state index is 11.7. The fourth-order valence-electron chi connectivity index (χ4n) is 1.86. The largest absolute Gasteiger partial charge is 0.492 e. The highest BCUT2D eigenvalue weighted by molar-refractivity contribution is 5.79. The molecule has 0 spiro atoms. The van der Waals surface area contributed by atoms with Gasteiger partial charge in [0.25, 0.3) is 0 Å². The Balaban J connectivity index is 1.72. The van der Waals surface area contributed by atoms with Crippen molar-refractivity contribution in [2.24, 2.45) is 5.92 Å². The Morgan fingerprint density at radius 2 is 2.05 bits per heavy atom. The summed E-state index contributed by atoms with van der Waals surface area (Å²) in [5, 5.41) is 6.05. The average Bonchev–Trinajstić information content (AvgIpc) is 2.35. The van der Waals surface area contributed by atoms with Crippen LogP contribution in [0.3, 0.4) is 0 Å². The van der Waals surface area contributed by atoms with Gasteiger partial charge in [0.05, 0.1) is 5.92 Å². The van der Waals surface area contributed by atoms with Gasteiger partial charge in [0.1, 0.15) is 12.4 Å². The van der Waals surface area contributed by atoms with Crippen molar-refractivity contribution in [3.63, 3.8) is 0 Å². The second-order valence-electron chi connectivity index (χ2n) is 5.37. The molecule has 1 aliphatic rings. The van der Waals surface area contributed by atoms with E-state index in [1.165, 1.54) is 0 Å². The first-order valence-corrected chi connectivity index (χ1v) is 7.00. The molecule has 1 fully saturated rings. The molecule has 5 heteroatoms. The van der Waals surface area contributed by atoms with Gasteiger partial charge in [0.2, 0.25) is 5.91 Å². The molecule has 5 nitrogen and oxygen atoms in total. The van der Waals surface area contributed by atoms with Crippen molar-refractivity contribution in [3.05, 3.63) is 29.8 Å². The Morgan fingerprint density at radius 1 is 1.35 bits per heavy atom. The van der Waals surface area contributed by atoms with Crippen molar-refractivity contribution in [1.29, 1.82) is 0 Å². The molecule has 0 radical (unpaired) electrons. The normalized spacial score (nSPS) is 14.9. The number of carbonyl (C=O) groups is 1. The van der Waals surface area contributed by atoms with Crippen molar-refractivity contribution in [1.82, 2.24) is 15.5 Å². The molecular formula is C15H23N3O2. The number of hydrogen-bond donors (Lipinski definition) is 2. The number of likely N-dealkylation sites (N-methyl/N-ethyl adjacent to an activating group) is 1. The van der Waals surface area contributed by atoms with Crippen molar-refractivity contribution in [2.45, 2.75) is 6.54 Å². The Kier molecular flexibility index (Phi) is 5.38. The van der Waals surface area contributed by atoms with E-state index in [2.05, 4.69) is 15.5 Å². The van der Waals surface area contributed by atoms with Crippen LogP contribution in [0, 0.1) is 5.92 Å². The van der Waals surface area contributed by atoms with E-state index in [0.29, 0.717) is 13.2 Å². The van der Waals surface area contributed by atoms with Crippen molar-refractivity contribution < 1.29 is 9.53 Å². The number of amides is 1. The second-order valence-corrected chi connectivity index (χ2v) is 5.37. The molecule has 2 N–H and O–H groups in total. The van der Waals surface area contributed by atoms with E-state index in [4.69, 9.17) is 4.74 Å². The molecule has 0 aliphatic carbocycles. The molecule has 0 atom stereocenters. The van der Waals surface area contributed by atoms with Crippen LogP contribution in [0.1, 0.15) is 5.56 Å². The Bertz CT molecular complexity index is 427. The lowest BCUT2D eigenvalue weighted by atomic mass is 10.0. The van der Waals surface area contributed by atoms with Crippen LogP contribution in [0.25, 0.3) is 0 Å². The topological polar surface area (TPSA) is 53.6 Å². The van der Waals surface area contributed by atoms with Crippen molar-refractivity contribution in [3.8, 4) is 5.75 Å². The minimum atomic E-state index is 0.134. The Morgan fingerprint density at radius 3 is 2.60 bits per heavy atom. The molecule has 2 rings (SSSR count). The van der Waals surface area contributed by atoms with E-state index < -0.39 is 0 Å². The van der Waals surface area contributed by atoms with Gasteiger partial charge >= 0.3 is 0 Å². The SMILES string of the molecule is CN(C)CCOc1ccc(CNC(=O)C2CNC2)cc1. The summed E-state index contributed by atoms with van der Waals surface area (Å²) in [7, 11) is 4.04. The lowest BCUT2D eigenvalue weighted by Crippen LogP contribution is -2.50. The number of nitrogens with zero attached hydrogens (tertiary/aromatic N) is 1. The third kappa shape index (κ3) is 4.51. The maximum Gasteiger partial charge on any atom is 0.225 e. The van der Waals surface area contributed by atoms with Gasteiger partial charge in [0.15, 0.2) is 0 Å². The number of benzene rings is 1. The highest BCUT2D eigenvalue weighted by Gasteiger charge is 2.24. The van der Waals surface area contributed by atoms with Crippen LogP contribution in [0.4, 0.5) is 0 Å². The first-order chi connectivity index (χ1) is 9.65. The molecule has 20 heavy (non-hydrogen) atoms. The molecule has 1 saturated heterocycles. The molecule has 1 amide bonds. The summed E-state index contributed by atoms with van der Waals surface area (Å²) in [5.74, 6) is 1.14. The van der Waals surface area contributed by atoms with Gasteiger partial charge in [-0.05, 0) is 31.8 Å². The predicted molar refractivity (Wildman–Crippen MR) is 78.7 cm³/mol. The highest BCUT2D eigenvalue weighted by Crippen LogP contribution is 2.12. The van der Waals surface area contributed by atoms with E-state index in [-0.39, 0.29) is 11.8 Å². The molecule has 0 aromatic heterocycles. The maximum atomic E-state index is 11.7. The fraction of sp³-hybridized carbons (Fsp3) is 0.533. The van der Waals surface area contributed by atoms with Crippen LogP contribution in [0.5, 0.6) is 5.75 Å². The lowest BCUT2D eigenvalue weighted by Gasteiger charge is -2.25. The lowest BCUT2D eigenvalue weighted by molar-refractivity contribution is -0.126. The summed E-state index contributed by atoms with van der Waals surface area (Å²) in [6.07, 6.45) is 0. The predicted octanol–water partition coefficient (Wildman–Crippen LogP) is 0.463. The number of hydrogen-bond acceptors (Lipinski definition) is 4. The number of ether oxygens (including phenoxy) is 1. The number of carbonyl (C=O) groups excluding carboxylic acids is 1. The van der Waals surface area contributed by atoms with E-state index in [1.807, 2.05) is 38.4 Å². The summed E-state index contributed by atoms with van der Waals surface area (Å²) in [5.41, 5.74) is 1.09. The number of rotatable bonds is 7. The highest BCUT2D eigenvalue weighted by atomic mass is 16.5. The van der Waals surface area contributed by atoms with E-state index in [9.17, 15) is 4.79 Å². The van der Waals surface area contributed by atoms with Crippen LogP contribution in [-0.4, -0.2) is 51.1 Å². The van der Waals surface area contributed by atoms with Gasteiger partial charge < -0.3 is 20.3 Å². The molecule has 0 bridgehead atoms. The van der Waals surface area contributed by atoms with Gasteiger partial charge in [-0.25, -0.2) is 0 Å². The third-order valence-electron chi connectivity index (χ3n) is 3.35. The Hall–Kier alpha value is -1.59. The van der Waals surface area contributed by atoms with Crippen LogP contribution in [0.15, 0.2) is 24.3 Å². The minimum absolute atomic E-state index is 0.134. The minimum Gasteiger partial charge on any atom is -0.492 e. The van der Waals surface area contributed by atoms with E-state index in [0.717, 1.165) is 30.9 Å². The quantitative estimate of drug-likeness (QED) is 0.760. The van der Waals surface area contributed by atoms with Crippen LogP contribution < -0.4 is 15.4 Å². The summed E-state index contributed by atoms with van der Waals surface area (Å²) in [6, 6.07) is 7.87. The van der Waals surface area contributed by atoms with Gasteiger partial charge in [-0.15, -0.1) is 0 Å². The van der Waals surface area contributed by atoms with Crippen LogP contribution in [-0.2, 0) is 11.3 Å². The van der Waals surface area contributed by atoms with Crippen molar-refractivity contribution in [2.75, 3.05) is 40.3 Å². The van der Waals surface area contributed by atoms with E-state index >= 15 is 0 Å². The second kappa shape index (κ2) is 7.26. The fourth-order valence-corrected chi connectivity index (χ4v) is 1.86. The first kappa shape index (κ1) is 14.8. The zero-order chi connectivity index (χ0) is 14.4. The van der Waals surface area contributed by atoms with Crippen LogP contribution in [0.2, 0.25) is 0 Å². The van der Waals surface area contributed by atoms with Gasteiger partial charge in [-0.2, -0.15) is 0 Å². The molecule has 1 aliphatic heterocycles. The summed E-state index contributed by atoms with van der Waals surface area (Å²) in [4.78, 5) is 13.8. The molecular weight excluding hydrogens is 254 g/mol. The zero-order valence-corrected chi connectivity index (χ0v) is 12.2. The summed E-state index contributed by atoms with van der Waals surface area (Å²) >= 11 is 0. The Labute approximate surface area is 120 Å². The molecule has 1 aromatic rings. The smallest absolute Gasteiger partial charge is 0.225 e. The average molecular weight is 277 g/mol. The van der Waals surface area contributed by atoms with E-state index in [1.54, 1.807) is 0 Å². The van der Waals surface area contributed by atoms with Gasteiger partial charge in [-0.1, -0.05) is 12.1 Å². The monoisotopic (exact) mass is 277 g/mol. The van der Waals surface area contributed by atoms with Crippen LogP contribution >= 0.6 is 0 Å². The molecule has 110 valence electrons. The molecule has 0 unspecified atom stereocenters. The molecule has 0 saturated carbocycles. The molecule has 1 aromatic carbocycles. The van der Waals surface area contributed by atoms with Crippen molar-refractivity contribution >= 4 is 5.91 Å². The zero-order valence-electron chi connectivity index (χ0n) is 12.2. The van der Waals surface area contributed by atoms with Gasteiger partial charge in [0, 0.05) is 26.2 Å². The molecule has 1 heterocycles. The summed E-state index contributed by atoms with van der Waals surface area (Å²) < 4.78 is 5.62.